The molecule has 0 bridgehead atoms. The second-order valence-corrected chi connectivity index (χ2v) is 6.93. The van der Waals surface area contributed by atoms with Gasteiger partial charge in [0, 0.05) is 45.2 Å². The second-order valence-electron chi connectivity index (χ2n) is 6.93. The van der Waals surface area contributed by atoms with Gasteiger partial charge in [0.25, 0.3) is 0 Å². The predicted octanol–water partition coefficient (Wildman–Crippen LogP) is 0.655. The average Bonchev–Trinajstić information content (AvgIpc) is 2.55. The summed E-state index contributed by atoms with van der Waals surface area (Å²) in [6.07, 6.45) is 4.99. The third-order valence-corrected chi connectivity index (χ3v) is 5.52. The quantitative estimate of drug-likeness (QED) is 0.803. The molecule has 0 aromatic carbocycles. The molecule has 3 aliphatic rings. The van der Waals surface area contributed by atoms with Crippen LogP contribution in [0.15, 0.2) is 0 Å². The number of carbonyl (C=O) groups excluding carboxylic acids is 1. The van der Waals surface area contributed by atoms with E-state index in [4.69, 9.17) is 4.74 Å². The average molecular weight is 311 g/mol. The first-order valence-corrected chi connectivity index (χ1v) is 8.73. The van der Waals surface area contributed by atoms with Crippen molar-refractivity contribution >= 4 is 6.03 Å². The molecule has 2 atom stereocenters. The number of carbonyl (C=O) groups is 1. The fourth-order valence-electron chi connectivity index (χ4n) is 4.01. The van der Waals surface area contributed by atoms with Crippen LogP contribution in [0.1, 0.15) is 32.1 Å². The molecular weight excluding hydrogens is 282 g/mol. The number of aliphatic hydroxyl groups is 1. The van der Waals surface area contributed by atoms with E-state index < -0.39 is 5.60 Å². The number of amides is 2. The number of ether oxygens (including phenoxy) is 1. The maximum absolute atomic E-state index is 12.3. The Labute approximate surface area is 132 Å². The monoisotopic (exact) mass is 311 g/mol. The summed E-state index contributed by atoms with van der Waals surface area (Å²) in [5.74, 6) is 0.264. The molecule has 0 unspecified atom stereocenters. The van der Waals surface area contributed by atoms with E-state index in [1.165, 1.54) is 6.42 Å². The molecule has 0 aromatic rings. The SMILES string of the molecule is O=C(NCCN1CCOCC1)N1CC[C@]2(O)CCCC[C@H]2C1. The van der Waals surface area contributed by atoms with Crippen molar-refractivity contribution in [3.8, 4) is 0 Å². The van der Waals surface area contributed by atoms with Crippen molar-refractivity contribution in [2.45, 2.75) is 37.7 Å². The lowest BCUT2D eigenvalue weighted by molar-refractivity contribution is -0.0870. The van der Waals surface area contributed by atoms with E-state index in [-0.39, 0.29) is 11.9 Å². The number of likely N-dealkylation sites (tertiary alicyclic amines) is 1. The van der Waals surface area contributed by atoms with Gasteiger partial charge >= 0.3 is 6.03 Å². The topological polar surface area (TPSA) is 65.0 Å². The van der Waals surface area contributed by atoms with Crippen LogP contribution in [0, 0.1) is 5.92 Å². The Balaban J connectivity index is 1.41. The highest BCUT2D eigenvalue weighted by Gasteiger charge is 2.43. The number of hydrogen-bond donors (Lipinski definition) is 2. The molecule has 1 aliphatic carbocycles. The van der Waals surface area contributed by atoms with E-state index in [0.717, 1.165) is 58.5 Å². The number of urea groups is 1. The molecule has 22 heavy (non-hydrogen) atoms. The molecule has 3 rings (SSSR count). The minimum Gasteiger partial charge on any atom is -0.389 e. The zero-order valence-corrected chi connectivity index (χ0v) is 13.4. The van der Waals surface area contributed by atoms with Crippen LogP contribution in [0.5, 0.6) is 0 Å². The Morgan fingerprint density at radius 3 is 2.86 bits per heavy atom. The molecule has 0 spiro atoms. The van der Waals surface area contributed by atoms with Crippen LogP contribution >= 0.6 is 0 Å². The minimum absolute atomic E-state index is 0.0286. The number of morpholine rings is 1. The van der Waals surface area contributed by atoms with Gasteiger partial charge in [0.1, 0.15) is 0 Å². The molecule has 0 aromatic heterocycles. The van der Waals surface area contributed by atoms with Gasteiger partial charge in [0.15, 0.2) is 0 Å². The van der Waals surface area contributed by atoms with Crippen LogP contribution in [-0.4, -0.2) is 79.0 Å². The van der Waals surface area contributed by atoms with Crippen molar-refractivity contribution in [2.75, 3.05) is 52.5 Å². The first-order chi connectivity index (χ1) is 10.7. The largest absolute Gasteiger partial charge is 0.389 e. The van der Waals surface area contributed by atoms with E-state index in [1.807, 2.05) is 4.90 Å². The van der Waals surface area contributed by atoms with Crippen molar-refractivity contribution in [1.29, 1.82) is 0 Å². The van der Waals surface area contributed by atoms with Crippen LogP contribution < -0.4 is 5.32 Å². The number of piperidine rings is 1. The van der Waals surface area contributed by atoms with Gasteiger partial charge in [-0.2, -0.15) is 0 Å². The summed E-state index contributed by atoms with van der Waals surface area (Å²) < 4.78 is 5.32. The second kappa shape index (κ2) is 7.15. The van der Waals surface area contributed by atoms with Gasteiger partial charge in [0.05, 0.1) is 18.8 Å². The third-order valence-electron chi connectivity index (χ3n) is 5.52. The normalized spacial score (nSPS) is 33.3. The maximum Gasteiger partial charge on any atom is 0.317 e. The van der Waals surface area contributed by atoms with E-state index in [0.29, 0.717) is 19.6 Å². The Morgan fingerprint density at radius 1 is 1.23 bits per heavy atom. The van der Waals surface area contributed by atoms with Crippen LogP contribution in [-0.2, 0) is 4.74 Å². The maximum atomic E-state index is 12.3. The Morgan fingerprint density at radius 2 is 2.05 bits per heavy atom. The first kappa shape index (κ1) is 16.0. The summed E-state index contributed by atoms with van der Waals surface area (Å²) in [5.41, 5.74) is -0.511. The van der Waals surface area contributed by atoms with Gasteiger partial charge in [-0.05, 0) is 19.3 Å². The molecule has 2 heterocycles. The Bertz CT molecular complexity index is 387. The molecular formula is C16H29N3O3. The number of rotatable bonds is 3. The number of nitrogens with zero attached hydrogens (tertiary/aromatic N) is 2. The Hall–Kier alpha value is -0.850. The molecule has 126 valence electrons. The van der Waals surface area contributed by atoms with Gasteiger partial charge in [-0.25, -0.2) is 4.79 Å². The third kappa shape index (κ3) is 3.73. The summed E-state index contributed by atoms with van der Waals surface area (Å²) in [6.45, 7) is 6.45. The lowest BCUT2D eigenvalue weighted by Crippen LogP contribution is -2.56. The summed E-state index contributed by atoms with van der Waals surface area (Å²) >= 11 is 0. The summed E-state index contributed by atoms with van der Waals surface area (Å²) in [5, 5.41) is 13.7. The lowest BCUT2D eigenvalue weighted by Gasteiger charge is -2.47. The van der Waals surface area contributed by atoms with E-state index in [2.05, 4.69) is 10.2 Å². The van der Waals surface area contributed by atoms with Crippen molar-refractivity contribution in [3.05, 3.63) is 0 Å². The minimum atomic E-state index is -0.511. The first-order valence-electron chi connectivity index (χ1n) is 8.73. The number of hydrogen-bond acceptors (Lipinski definition) is 4. The van der Waals surface area contributed by atoms with Gasteiger partial charge in [0.2, 0.25) is 0 Å². The summed E-state index contributed by atoms with van der Waals surface area (Å²) in [4.78, 5) is 16.5. The fourth-order valence-corrected chi connectivity index (χ4v) is 4.01. The van der Waals surface area contributed by atoms with Crippen molar-refractivity contribution in [3.63, 3.8) is 0 Å². The van der Waals surface area contributed by atoms with Gasteiger partial charge in [-0.15, -0.1) is 0 Å². The van der Waals surface area contributed by atoms with Gasteiger partial charge in [-0.1, -0.05) is 12.8 Å². The van der Waals surface area contributed by atoms with Crippen molar-refractivity contribution in [2.24, 2.45) is 5.92 Å². The molecule has 6 heteroatoms. The van der Waals surface area contributed by atoms with E-state index >= 15 is 0 Å². The molecule has 3 fully saturated rings. The van der Waals surface area contributed by atoms with Crippen LogP contribution in [0.25, 0.3) is 0 Å². The molecule has 2 saturated heterocycles. The zero-order chi connectivity index (χ0) is 15.4. The Kier molecular flexibility index (Phi) is 5.21. The number of fused-ring (bicyclic) bond motifs is 1. The molecule has 6 nitrogen and oxygen atoms in total. The van der Waals surface area contributed by atoms with Crippen LogP contribution in [0.4, 0.5) is 4.79 Å². The summed E-state index contributed by atoms with van der Waals surface area (Å²) in [7, 11) is 0. The van der Waals surface area contributed by atoms with Crippen LogP contribution in [0.2, 0.25) is 0 Å². The summed E-state index contributed by atoms with van der Waals surface area (Å²) in [6, 6.07) is 0.0286. The lowest BCUT2D eigenvalue weighted by atomic mass is 9.71. The predicted molar refractivity (Wildman–Crippen MR) is 83.8 cm³/mol. The molecule has 1 saturated carbocycles. The fraction of sp³-hybridized carbons (Fsp3) is 0.938. The van der Waals surface area contributed by atoms with Crippen LogP contribution in [0.3, 0.4) is 0 Å². The molecule has 2 aliphatic heterocycles. The van der Waals surface area contributed by atoms with Gasteiger partial charge in [-0.3, -0.25) is 4.90 Å². The van der Waals surface area contributed by atoms with Crippen molar-refractivity contribution in [1.82, 2.24) is 15.1 Å². The highest BCUT2D eigenvalue weighted by molar-refractivity contribution is 5.74. The smallest absolute Gasteiger partial charge is 0.317 e. The van der Waals surface area contributed by atoms with E-state index in [1.54, 1.807) is 0 Å². The molecule has 2 N–H and O–H groups in total. The zero-order valence-electron chi connectivity index (χ0n) is 13.4. The molecule has 2 amide bonds. The van der Waals surface area contributed by atoms with Crippen molar-refractivity contribution < 1.29 is 14.6 Å². The highest BCUT2D eigenvalue weighted by atomic mass is 16.5. The van der Waals surface area contributed by atoms with Gasteiger partial charge < -0.3 is 20.1 Å². The molecule has 0 radical (unpaired) electrons. The standard InChI is InChI=1S/C16H29N3O3/c20-15(17-6-8-18-9-11-22-12-10-18)19-7-5-16(21)4-2-1-3-14(16)13-19/h14,21H,1-13H2,(H,17,20)/t14-,16+/m0/s1. The number of nitrogens with one attached hydrogen (secondary N) is 1. The van der Waals surface area contributed by atoms with E-state index in [9.17, 15) is 9.90 Å². The highest BCUT2D eigenvalue weighted by Crippen LogP contribution is 2.39.